The van der Waals surface area contributed by atoms with E-state index < -0.39 is 17.0 Å². The van der Waals surface area contributed by atoms with Gasteiger partial charge in [0.05, 0.1) is 11.4 Å². The quantitative estimate of drug-likeness (QED) is 0.358. The van der Waals surface area contributed by atoms with Gasteiger partial charge in [-0.3, -0.25) is 19.3 Å². The minimum atomic E-state index is -0.498. The number of amides is 3. The van der Waals surface area contributed by atoms with Gasteiger partial charge in [0.15, 0.2) is 6.61 Å². The zero-order valence-corrected chi connectivity index (χ0v) is 20.3. The summed E-state index contributed by atoms with van der Waals surface area (Å²) in [7, 11) is 0. The summed E-state index contributed by atoms with van der Waals surface area (Å²) in [6, 6.07) is 17.2. The highest BCUT2D eigenvalue weighted by Gasteiger charge is 2.35. The molecule has 3 aromatic rings. The van der Waals surface area contributed by atoms with E-state index in [9.17, 15) is 18.8 Å². The molecule has 1 fully saturated rings. The standard InChI is InChI=1S/C25H17Cl2FN2O4S/c26-17-4-7-19(8-5-17)29-23(31)14-34-20-9-1-15(2-10-20)11-22-24(32)30(25(33)35-22)13-16-3-6-18(28)12-21(16)27/h1-12H,13-14H2,(H,29,31)/b22-11-. The molecule has 0 unspecified atom stereocenters. The molecule has 3 aromatic carbocycles. The van der Waals surface area contributed by atoms with E-state index in [0.29, 0.717) is 27.6 Å². The first-order valence-electron chi connectivity index (χ1n) is 10.3. The maximum absolute atomic E-state index is 13.3. The minimum absolute atomic E-state index is 0.0496. The fraction of sp³-hybridized carbons (Fsp3) is 0.0800. The van der Waals surface area contributed by atoms with Gasteiger partial charge in [0.1, 0.15) is 11.6 Å². The van der Waals surface area contributed by atoms with Gasteiger partial charge in [0, 0.05) is 15.7 Å². The van der Waals surface area contributed by atoms with Crippen LogP contribution < -0.4 is 10.1 Å². The molecule has 1 aliphatic rings. The van der Waals surface area contributed by atoms with Crippen LogP contribution in [0.25, 0.3) is 6.08 Å². The summed E-state index contributed by atoms with van der Waals surface area (Å²) >= 11 is 12.7. The van der Waals surface area contributed by atoms with Crippen LogP contribution >= 0.6 is 35.0 Å². The van der Waals surface area contributed by atoms with Crippen LogP contribution in [0.5, 0.6) is 5.75 Å². The zero-order chi connectivity index (χ0) is 24.9. The molecule has 1 aliphatic heterocycles. The normalized spacial score (nSPS) is 14.5. The van der Waals surface area contributed by atoms with E-state index in [1.54, 1.807) is 54.6 Å². The summed E-state index contributed by atoms with van der Waals surface area (Å²) in [4.78, 5) is 38.5. The monoisotopic (exact) mass is 530 g/mol. The summed E-state index contributed by atoms with van der Waals surface area (Å²) in [5.74, 6) is -0.819. The lowest BCUT2D eigenvalue weighted by Gasteiger charge is -2.13. The summed E-state index contributed by atoms with van der Waals surface area (Å²) in [6.07, 6.45) is 1.59. The molecule has 0 aromatic heterocycles. The smallest absolute Gasteiger partial charge is 0.293 e. The Labute approximate surface area is 214 Å². The molecule has 6 nitrogen and oxygen atoms in total. The van der Waals surface area contributed by atoms with Gasteiger partial charge in [-0.05, 0) is 77.5 Å². The van der Waals surface area contributed by atoms with Crippen molar-refractivity contribution < 1.29 is 23.5 Å². The van der Waals surface area contributed by atoms with Gasteiger partial charge in [-0.1, -0.05) is 41.4 Å². The number of carbonyl (C=O) groups excluding carboxylic acids is 3. The molecule has 0 atom stereocenters. The molecular weight excluding hydrogens is 514 g/mol. The average molecular weight is 531 g/mol. The Morgan fingerprint density at radius 3 is 2.43 bits per heavy atom. The molecule has 4 rings (SSSR count). The number of carbonyl (C=O) groups is 3. The van der Waals surface area contributed by atoms with Crippen molar-refractivity contribution in [1.29, 1.82) is 0 Å². The highest BCUT2D eigenvalue weighted by atomic mass is 35.5. The van der Waals surface area contributed by atoms with E-state index in [-0.39, 0.29) is 29.0 Å². The number of nitrogens with one attached hydrogen (secondary N) is 1. The summed E-state index contributed by atoms with van der Waals surface area (Å²) in [6.45, 7) is -0.237. The Bertz CT molecular complexity index is 1310. The lowest BCUT2D eigenvalue weighted by molar-refractivity contribution is -0.123. The van der Waals surface area contributed by atoms with E-state index in [1.807, 2.05) is 0 Å². The lowest BCUT2D eigenvalue weighted by Crippen LogP contribution is -2.27. The highest BCUT2D eigenvalue weighted by Crippen LogP contribution is 2.34. The fourth-order valence-electron chi connectivity index (χ4n) is 3.15. The predicted octanol–water partition coefficient (Wildman–Crippen LogP) is 6.39. The number of hydrogen-bond donors (Lipinski definition) is 1. The van der Waals surface area contributed by atoms with Crippen LogP contribution in [0, 0.1) is 5.82 Å². The number of ether oxygens (including phenoxy) is 1. The summed E-state index contributed by atoms with van der Waals surface area (Å²) in [5, 5.41) is 2.98. The van der Waals surface area contributed by atoms with Crippen molar-refractivity contribution in [3.05, 3.63) is 98.6 Å². The fourth-order valence-corrected chi connectivity index (χ4v) is 4.34. The third-order valence-corrected chi connectivity index (χ3v) is 6.40. The van der Waals surface area contributed by atoms with Crippen LogP contribution in [-0.4, -0.2) is 28.6 Å². The summed E-state index contributed by atoms with van der Waals surface area (Å²) in [5.41, 5.74) is 1.75. The first-order valence-corrected chi connectivity index (χ1v) is 11.8. The van der Waals surface area contributed by atoms with Gasteiger partial charge < -0.3 is 10.1 Å². The number of hydrogen-bond acceptors (Lipinski definition) is 5. The van der Waals surface area contributed by atoms with E-state index in [0.717, 1.165) is 22.7 Å². The van der Waals surface area contributed by atoms with Crippen molar-refractivity contribution in [3.8, 4) is 5.75 Å². The number of halogens is 3. The molecular formula is C25H17Cl2FN2O4S. The molecule has 1 N–H and O–H groups in total. The Morgan fingerprint density at radius 1 is 1.03 bits per heavy atom. The van der Waals surface area contributed by atoms with Crippen molar-refractivity contribution in [2.24, 2.45) is 0 Å². The Balaban J connectivity index is 1.34. The molecule has 0 aliphatic carbocycles. The number of thioether (sulfide) groups is 1. The van der Waals surface area contributed by atoms with Crippen LogP contribution in [0.15, 0.2) is 71.6 Å². The third kappa shape index (κ3) is 6.42. The second-order valence-corrected chi connectivity index (χ2v) is 9.25. The van der Waals surface area contributed by atoms with Crippen molar-refractivity contribution >= 4 is 63.8 Å². The average Bonchev–Trinajstić information content (AvgIpc) is 3.09. The van der Waals surface area contributed by atoms with Crippen LogP contribution in [0.1, 0.15) is 11.1 Å². The van der Waals surface area contributed by atoms with Crippen molar-refractivity contribution in [2.45, 2.75) is 6.54 Å². The van der Waals surface area contributed by atoms with Gasteiger partial charge in [-0.25, -0.2) is 4.39 Å². The zero-order valence-electron chi connectivity index (χ0n) is 18.0. The number of rotatable bonds is 7. The second kappa shape index (κ2) is 10.9. The molecule has 0 saturated carbocycles. The van der Waals surface area contributed by atoms with Gasteiger partial charge in [-0.15, -0.1) is 0 Å². The summed E-state index contributed by atoms with van der Waals surface area (Å²) < 4.78 is 18.8. The second-order valence-electron chi connectivity index (χ2n) is 7.42. The van der Waals surface area contributed by atoms with Crippen LogP contribution in [0.2, 0.25) is 10.0 Å². The SMILES string of the molecule is O=C(COc1ccc(/C=C2\SC(=O)N(Cc3ccc(F)cc3Cl)C2=O)cc1)Nc1ccc(Cl)cc1. The number of imide groups is 1. The predicted molar refractivity (Wildman–Crippen MR) is 135 cm³/mol. The van der Waals surface area contributed by atoms with Gasteiger partial charge in [0.25, 0.3) is 17.1 Å². The number of benzene rings is 3. The topological polar surface area (TPSA) is 75.7 Å². The van der Waals surface area contributed by atoms with E-state index in [2.05, 4.69) is 5.32 Å². The van der Waals surface area contributed by atoms with Gasteiger partial charge in [0.2, 0.25) is 0 Å². The van der Waals surface area contributed by atoms with Gasteiger partial charge in [-0.2, -0.15) is 0 Å². The third-order valence-electron chi connectivity index (χ3n) is 4.89. The van der Waals surface area contributed by atoms with E-state index in [4.69, 9.17) is 27.9 Å². The van der Waals surface area contributed by atoms with Crippen LogP contribution in [0.3, 0.4) is 0 Å². The molecule has 0 spiro atoms. The molecule has 178 valence electrons. The molecule has 0 bridgehead atoms. The van der Waals surface area contributed by atoms with Crippen molar-refractivity contribution in [1.82, 2.24) is 4.90 Å². The Morgan fingerprint density at radius 2 is 1.74 bits per heavy atom. The number of nitrogens with zero attached hydrogens (tertiary/aromatic N) is 1. The van der Waals surface area contributed by atoms with Gasteiger partial charge >= 0.3 is 0 Å². The maximum atomic E-state index is 13.3. The molecule has 35 heavy (non-hydrogen) atoms. The number of anilines is 1. The highest BCUT2D eigenvalue weighted by molar-refractivity contribution is 8.18. The maximum Gasteiger partial charge on any atom is 0.293 e. The van der Waals surface area contributed by atoms with E-state index in [1.165, 1.54) is 12.1 Å². The molecule has 1 heterocycles. The first-order chi connectivity index (χ1) is 16.8. The minimum Gasteiger partial charge on any atom is -0.484 e. The lowest BCUT2D eigenvalue weighted by atomic mass is 10.2. The first kappa shape index (κ1) is 24.8. The van der Waals surface area contributed by atoms with E-state index >= 15 is 0 Å². The largest absolute Gasteiger partial charge is 0.484 e. The molecule has 10 heteroatoms. The molecule has 0 radical (unpaired) electrons. The Hall–Kier alpha value is -3.33. The Kier molecular flexibility index (Phi) is 7.75. The van der Waals surface area contributed by atoms with Crippen LogP contribution in [0.4, 0.5) is 14.9 Å². The van der Waals surface area contributed by atoms with Crippen LogP contribution in [-0.2, 0) is 16.1 Å². The van der Waals surface area contributed by atoms with Crippen molar-refractivity contribution in [2.75, 3.05) is 11.9 Å². The van der Waals surface area contributed by atoms with Crippen molar-refractivity contribution in [3.63, 3.8) is 0 Å². The molecule has 1 saturated heterocycles. The molecule has 3 amide bonds.